The molecule has 1 aliphatic heterocycles. The van der Waals surface area contributed by atoms with Crippen molar-refractivity contribution < 1.29 is 4.79 Å². The van der Waals surface area contributed by atoms with Crippen molar-refractivity contribution in [2.45, 2.75) is 64.8 Å². The first-order chi connectivity index (χ1) is 11.2. The molecule has 0 spiro atoms. The highest BCUT2D eigenvalue weighted by molar-refractivity contribution is 5.76. The molecule has 126 valence electrons. The van der Waals surface area contributed by atoms with Crippen LogP contribution in [0, 0.1) is 11.3 Å². The maximum Gasteiger partial charge on any atom is 0.242 e. The minimum absolute atomic E-state index is 0.107. The summed E-state index contributed by atoms with van der Waals surface area (Å²) in [5, 5.41) is 9.34. The van der Waals surface area contributed by atoms with Crippen molar-refractivity contribution in [3.8, 4) is 6.07 Å². The first-order valence-corrected chi connectivity index (χ1v) is 8.83. The number of amides is 1. The zero-order chi connectivity index (χ0) is 16.7. The number of nitrogen functional groups attached to an aromatic ring is 1. The van der Waals surface area contributed by atoms with Gasteiger partial charge in [-0.3, -0.25) is 4.79 Å². The zero-order valence-corrected chi connectivity index (χ0v) is 14.2. The molecular weight excluding hydrogens is 288 g/mol. The van der Waals surface area contributed by atoms with Crippen molar-refractivity contribution in [1.29, 1.82) is 5.26 Å². The van der Waals surface area contributed by atoms with Crippen molar-refractivity contribution in [3.05, 3.63) is 17.5 Å². The van der Waals surface area contributed by atoms with E-state index in [0.717, 1.165) is 57.3 Å². The van der Waals surface area contributed by atoms with Gasteiger partial charge in [0.25, 0.3) is 0 Å². The highest BCUT2D eigenvalue weighted by Crippen LogP contribution is 2.21. The molecule has 0 saturated carbocycles. The molecule has 0 radical (unpaired) electrons. The summed E-state index contributed by atoms with van der Waals surface area (Å²) in [6, 6.07) is 3.89. The number of hydrogen-bond acceptors (Lipinski definition) is 3. The summed E-state index contributed by atoms with van der Waals surface area (Å²) >= 11 is 0. The number of rotatable bonds is 6. The molecule has 1 saturated heterocycles. The first-order valence-electron chi connectivity index (χ1n) is 8.83. The molecule has 0 unspecified atom stereocenters. The van der Waals surface area contributed by atoms with Crippen LogP contribution in [-0.2, 0) is 17.8 Å². The number of hydrogen-bond donors (Lipinski definition) is 1. The number of nitriles is 1. The molecule has 5 heteroatoms. The van der Waals surface area contributed by atoms with Gasteiger partial charge in [-0.2, -0.15) is 5.26 Å². The van der Waals surface area contributed by atoms with Crippen LogP contribution in [0.15, 0.2) is 6.07 Å². The lowest BCUT2D eigenvalue weighted by Gasteiger charge is -2.21. The monoisotopic (exact) mass is 316 g/mol. The predicted molar refractivity (Wildman–Crippen MR) is 91.8 cm³/mol. The summed E-state index contributed by atoms with van der Waals surface area (Å²) in [5.41, 5.74) is 8.16. The van der Waals surface area contributed by atoms with Crippen LogP contribution in [0.3, 0.4) is 0 Å². The van der Waals surface area contributed by atoms with E-state index in [4.69, 9.17) is 5.73 Å². The lowest BCUT2D eigenvalue weighted by molar-refractivity contribution is -0.131. The fourth-order valence-corrected chi connectivity index (χ4v) is 3.26. The fourth-order valence-electron chi connectivity index (χ4n) is 3.26. The second-order valence-corrected chi connectivity index (χ2v) is 6.38. The van der Waals surface area contributed by atoms with Gasteiger partial charge < -0.3 is 15.2 Å². The average molecular weight is 316 g/mol. The van der Waals surface area contributed by atoms with Crippen LogP contribution in [0.5, 0.6) is 0 Å². The average Bonchev–Trinajstić information content (AvgIpc) is 2.75. The first kappa shape index (κ1) is 17.4. The molecule has 23 heavy (non-hydrogen) atoms. The number of nitrogens with two attached hydrogens (primary N) is 1. The Hall–Kier alpha value is -1.96. The van der Waals surface area contributed by atoms with Gasteiger partial charge in [-0.1, -0.05) is 32.6 Å². The number of nitrogens with zero attached hydrogens (tertiary/aromatic N) is 3. The summed E-state index contributed by atoms with van der Waals surface area (Å²) < 4.78 is 1.83. The molecule has 2 heterocycles. The number of aromatic nitrogens is 1. The van der Waals surface area contributed by atoms with Gasteiger partial charge in [0.15, 0.2) is 0 Å². The van der Waals surface area contributed by atoms with E-state index in [2.05, 4.69) is 13.0 Å². The third-order valence-corrected chi connectivity index (χ3v) is 4.63. The summed E-state index contributed by atoms with van der Waals surface area (Å²) in [6.07, 6.45) is 8.69. The minimum Gasteiger partial charge on any atom is -0.397 e. The van der Waals surface area contributed by atoms with Crippen LogP contribution in [0.2, 0.25) is 0 Å². The normalized spacial score (nSPS) is 15.2. The lowest BCUT2D eigenvalue weighted by Crippen LogP contribution is -2.35. The molecule has 0 bridgehead atoms. The Morgan fingerprint density at radius 3 is 2.57 bits per heavy atom. The molecule has 1 aromatic heterocycles. The molecule has 0 atom stereocenters. The second kappa shape index (κ2) is 8.61. The van der Waals surface area contributed by atoms with E-state index in [1.165, 1.54) is 12.8 Å². The van der Waals surface area contributed by atoms with Crippen LogP contribution in [0.4, 0.5) is 5.69 Å². The number of anilines is 1. The Kier molecular flexibility index (Phi) is 6.52. The van der Waals surface area contributed by atoms with Crippen LogP contribution < -0.4 is 5.73 Å². The van der Waals surface area contributed by atoms with Crippen LogP contribution in [-0.4, -0.2) is 28.5 Å². The van der Waals surface area contributed by atoms with Gasteiger partial charge in [0.2, 0.25) is 5.91 Å². The Balaban J connectivity index is 2.13. The zero-order valence-electron chi connectivity index (χ0n) is 14.2. The fraction of sp³-hybridized carbons (Fsp3) is 0.667. The van der Waals surface area contributed by atoms with E-state index in [0.29, 0.717) is 11.4 Å². The number of carbonyl (C=O) groups is 1. The largest absolute Gasteiger partial charge is 0.397 e. The molecule has 5 nitrogen and oxygen atoms in total. The van der Waals surface area contributed by atoms with Gasteiger partial charge >= 0.3 is 0 Å². The molecule has 1 fully saturated rings. The van der Waals surface area contributed by atoms with Crippen molar-refractivity contribution in [2.24, 2.45) is 0 Å². The van der Waals surface area contributed by atoms with E-state index < -0.39 is 0 Å². The third kappa shape index (κ3) is 4.51. The Labute approximate surface area is 139 Å². The summed E-state index contributed by atoms with van der Waals surface area (Å²) in [5.74, 6) is 0.107. The van der Waals surface area contributed by atoms with Gasteiger partial charge in [-0.05, 0) is 31.7 Å². The molecule has 2 rings (SSSR count). The molecule has 1 amide bonds. The van der Waals surface area contributed by atoms with Gasteiger partial charge in [0.1, 0.15) is 18.3 Å². The Morgan fingerprint density at radius 1 is 1.26 bits per heavy atom. The molecule has 0 aliphatic carbocycles. The van der Waals surface area contributed by atoms with Crippen molar-refractivity contribution in [1.82, 2.24) is 9.47 Å². The molecule has 2 N–H and O–H groups in total. The molecule has 1 aromatic rings. The van der Waals surface area contributed by atoms with Crippen LogP contribution in [0.1, 0.15) is 63.3 Å². The second-order valence-electron chi connectivity index (χ2n) is 6.38. The summed E-state index contributed by atoms with van der Waals surface area (Å²) in [6.45, 7) is 4.07. The topological polar surface area (TPSA) is 75.0 Å². The molecule has 0 aromatic carbocycles. The Bertz CT molecular complexity index is 562. The smallest absolute Gasteiger partial charge is 0.242 e. The highest BCUT2D eigenvalue weighted by atomic mass is 16.2. The van der Waals surface area contributed by atoms with E-state index in [1.54, 1.807) is 6.07 Å². The standard InChI is InChI=1S/C18H28N4O/c1-2-3-6-9-17-16(20)12-15(13-19)22(17)14-18(23)21-10-7-4-5-8-11-21/h12H,2-11,14,20H2,1H3. The number of carbonyl (C=O) groups excluding carboxylic acids is 1. The van der Waals surface area contributed by atoms with E-state index in [9.17, 15) is 10.1 Å². The third-order valence-electron chi connectivity index (χ3n) is 4.63. The summed E-state index contributed by atoms with van der Waals surface area (Å²) in [7, 11) is 0. The number of likely N-dealkylation sites (tertiary alicyclic amines) is 1. The van der Waals surface area contributed by atoms with E-state index >= 15 is 0 Å². The van der Waals surface area contributed by atoms with Crippen LogP contribution >= 0.6 is 0 Å². The maximum absolute atomic E-state index is 12.6. The molecule has 1 aliphatic rings. The van der Waals surface area contributed by atoms with Gasteiger partial charge in [-0.15, -0.1) is 0 Å². The van der Waals surface area contributed by atoms with Crippen molar-refractivity contribution >= 4 is 11.6 Å². The van der Waals surface area contributed by atoms with E-state index in [1.807, 2.05) is 9.47 Å². The van der Waals surface area contributed by atoms with Crippen LogP contribution in [0.25, 0.3) is 0 Å². The number of unbranched alkanes of at least 4 members (excludes halogenated alkanes) is 2. The van der Waals surface area contributed by atoms with Crippen molar-refractivity contribution in [2.75, 3.05) is 18.8 Å². The van der Waals surface area contributed by atoms with Gasteiger partial charge in [-0.25, -0.2) is 0 Å². The highest BCUT2D eigenvalue weighted by Gasteiger charge is 2.20. The Morgan fingerprint density at radius 2 is 1.96 bits per heavy atom. The molecular formula is C18H28N4O. The maximum atomic E-state index is 12.6. The summed E-state index contributed by atoms with van der Waals surface area (Å²) in [4.78, 5) is 14.6. The van der Waals surface area contributed by atoms with Crippen molar-refractivity contribution in [3.63, 3.8) is 0 Å². The SMILES string of the molecule is CCCCCc1c(N)cc(C#N)n1CC(=O)N1CCCCCC1. The predicted octanol–water partition coefficient (Wildman–Crippen LogP) is 3.08. The minimum atomic E-state index is 0.107. The lowest BCUT2D eigenvalue weighted by atomic mass is 10.1. The van der Waals surface area contributed by atoms with Gasteiger partial charge in [0, 0.05) is 18.8 Å². The quantitative estimate of drug-likeness (QED) is 0.819. The van der Waals surface area contributed by atoms with E-state index in [-0.39, 0.29) is 12.5 Å². The van der Waals surface area contributed by atoms with Gasteiger partial charge in [0.05, 0.1) is 5.69 Å².